The first-order valence-corrected chi connectivity index (χ1v) is 10.1. The van der Waals surface area contributed by atoms with Gasteiger partial charge in [-0.25, -0.2) is 0 Å². The normalized spacial score (nSPS) is 18.5. The van der Waals surface area contributed by atoms with Crippen molar-refractivity contribution in [3.8, 4) is 11.5 Å². The number of carbonyl (C=O) groups is 2. The third-order valence-electron chi connectivity index (χ3n) is 5.58. The Morgan fingerprint density at radius 1 is 1.14 bits per heavy atom. The van der Waals surface area contributed by atoms with Crippen molar-refractivity contribution in [2.75, 3.05) is 31.6 Å². The van der Waals surface area contributed by atoms with Crippen LogP contribution in [0.3, 0.4) is 0 Å². The van der Waals surface area contributed by atoms with Gasteiger partial charge >= 0.3 is 0 Å². The lowest BCUT2D eigenvalue weighted by Crippen LogP contribution is -2.39. The van der Waals surface area contributed by atoms with E-state index in [-0.39, 0.29) is 17.7 Å². The summed E-state index contributed by atoms with van der Waals surface area (Å²) in [5.74, 6) is 1.51. The molecule has 0 aromatic heterocycles. The number of ketones is 1. The van der Waals surface area contributed by atoms with Crippen LogP contribution >= 0.6 is 0 Å². The van der Waals surface area contributed by atoms with Gasteiger partial charge in [0.2, 0.25) is 5.91 Å². The molecule has 152 valence electrons. The lowest BCUT2D eigenvalue weighted by molar-refractivity contribution is -0.117. The number of hydrogen-bond acceptors (Lipinski definition) is 5. The third kappa shape index (κ3) is 4.27. The van der Waals surface area contributed by atoms with Gasteiger partial charge < -0.3 is 14.8 Å². The molecule has 6 nitrogen and oxygen atoms in total. The van der Waals surface area contributed by atoms with E-state index in [0.717, 1.165) is 30.9 Å². The monoisotopic (exact) mass is 394 g/mol. The van der Waals surface area contributed by atoms with E-state index in [9.17, 15) is 9.59 Å². The first-order valence-electron chi connectivity index (χ1n) is 10.1. The summed E-state index contributed by atoms with van der Waals surface area (Å²) in [6, 6.07) is 11.3. The quantitative estimate of drug-likeness (QED) is 0.803. The van der Waals surface area contributed by atoms with Crippen LogP contribution in [0.5, 0.6) is 11.5 Å². The molecule has 2 heterocycles. The molecule has 0 saturated carbocycles. The topological polar surface area (TPSA) is 67.9 Å². The first-order chi connectivity index (χ1) is 14.0. The van der Waals surface area contributed by atoms with Gasteiger partial charge in [-0.15, -0.1) is 0 Å². The summed E-state index contributed by atoms with van der Waals surface area (Å²) in [6.45, 7) is 6.06. The molecule has 1 N–H and O–H groups in total. The van der Waals surface area contributed by atoms with Crippen LogP contribution in [0.15, 0.2) is 36.4 Å². The minimum Gasteiger partial charge on any atom is -0.490 e. The fraction of sp³-hybridized carbons (Fsp3) is 0.391. The number of rotatable bonds is 4. The average Bonchev–Trinajstić information content (AvgIpc) is 2.94. The summed E-state index contributed by atoms with van der Waals surface area (Å²) in [4.78, 5) is 26.3. The standard InChI is InChI=1S/C23H26N2O4/c1-15-20-13-22-21(28-9-4-10-29-22)12-18(20)7-8-25(15)14-23(27)24-19-6-3-5-17(11-19)16(2)26/h3,5-6,11-13,15H,4,7-10,14H2,1-2H3,(H,24,27)/t15-/m0/s1. The number of nitrogens with one attached hydrogen (secondary N) is 1. The maximum atomic E-state index is 12.6. The zero-order valence-electron chi connectivity index (χ0n) is 16.9. The smallest absolute Gasteiger partial charge is 0.238 e. The SMILES string of the molecule is CC(=O)c1cccc(NC(=O)CN2CCc3cc4c(cc3[C@@H]2C)OCCCO4)c1. The highest BCUT2D eigenvalue weighted by atomic mass is 16.5. The van der Waals surface area contributed by atoms with Gasteiger partial charge in [-0.05, 0) is 55.7 Å². The molecule has 0 saturated heterocycles. The molecule has 2 aliphatic heterocycles. The summed E-state index contributed by atoms with van der Waals surface area (Å²) in [5.41, 5.74) is 3.68. The Morgan fingerprint density at radius 2 is 1.90 bits per heavy atom. The van der Waals surface area contributed by atoms with Crippen molar-refractivity contribution in [3.05, 3.63) is 53.1 Å². The molecule has 0 aliphatic carbocycles. The molecule has 0 unspecified atom stereocenters. The summed E-state index contributed by atoms with van der Waals surface area (Å²) in [7, 11) is 0. The summed E-state index contributed by atoms with van der Waals surface area (Å²) in [6.07, 6.45) is 1.75. The molecule has 0 fully saturated rings. The van der Waals surface area contributed by atoms with Crippen molar-refractivity contribution in [1.29, 1.82) is 0 Å². The lowest BCUT2D eigenvalue weighted by atomic mass is 9.93. The number of amides is 1. The predicted molar refractivity (Wildman–Crippen MR) is 111 cm³/mol. The van der Waals surface area contributed by atoms with Gasteiger partial charge in [0.25, 0.3) is 0 Å². The van der Waals surface area contributed by atoms with Gasteiger partial charge in [0.05, 0.1) is 19.8 Å². The van der Waals surface area contributed by atoms with Crippen molar-refractivity contribution in [3.63, 3.8) is 0 Å². The molecular formula is C23H26N2O4. The second-order valence-corrected chi connectivity index (χ2v) is 7.63. The van der Waals surface area contributed by atoms with Crippen molar-refractivity contribution >= 4 is 17.4 Å². The van der Waals surface area contributed by atoms with Crippen LogP contribution in [0, 0.1) is 0 Å². The molecule has 4 rings (SSSR count). The maximum Gasteiger partial charge on any atom is 0.238 e. The minimum absolute atomic E-state index is 0.0207. The van der Waals surface area contributed by atoms with Crippen LogP contribution in [0.4, 0.5) is 5.69 Å². The maximum absolute atomic E-state index is 12.6. The van der Waals surface area contributed by atoms with Gasteiger partial charge in [0.15, 0.2) is 17.3 Å². The van der Waals surface area contributed by atoms with E-state index in [1.807, 2.05) is 0 Å². The molecule has 1 amide bonds. The van der Waals surface area contributed by atoms with E-state index in [0.29, 0.717) is 31.0 Å². The Bertz CT molecular complexity index is 940. The summed E-state index contributed by atoms with van der Waals surface area (Å²) < 4.78 is 11.6. The molecule has 6 heteroatoms. The van der Waals surface area contributed by atoms with Gasteiger partial charge in [0, 0.05) is 30.3 Å². The van der Waals surface area contributed by atoms with E-state index < -0.39 is 0 Å². The van der Waals surface area contributed by atoms with Crippen molar-refractivity contribution in [1.82, 2.24) is 4.90 Å². The molecule has 2 aliphatic rings. The first kappa shape index (κ1) is 19.5. The highest BCUT2D eigenvalue weighted by Gasteiger charge is 2.28. The van der Waals surface area contributed by atoms with Gasteiger partial charge in [-0.1, -0.05) is 12.1 Å². The van der Waals surface area contributed by atoms with Gasteiger partial charge in [-0.2, -0.15) is 0 Å². The largest absolute Gasteiger partial charge is 0.490 e. The van der Waals surface area contributed by atoms with E-state index in [1.54, 1.807) is 24.3 Å². The van der Waals surface area contributed by atoms with E-state index in [2.05, 4.69) is 29.3 Å². The van der Waals surface area contributed by atoms with Crippen molar-refractivity contribution < 1.29 is 19.1 Å². The Morgan fingerprint density at radius 3 is 2.66 bits per heavy atom. The van der Waals surface area contributed by atoms with Crippen LogP contribution in [0.1, 0.15) is 47.8 Å². The van der Waals surface area contributed by atoms with Gasteiger partial charge in [-0.3, -0.25) is 14.5 Å². The third-order valence-corrected chi connectivity index (χ3v) is 5.58. The fourth-order valence-electron chi connectivity index (χ4n) is 3.94. The Labute approximate surface area is 170 Å². The second kappa shape index (κ2) is 8.25. The van der Waals surface area contributed by atoms with Crippen LogP contribution in [-0.2, 0) is 11.2 Å². The van der Waals surface area contributed by atoms with E-state index in [1.165, 1.54) is 18.1 Å². The second-order valence-electron chi connectivity index (χ2n) is 7.63. The molecule has 0 bridgehead atoms. The summed E-state index contributed by atoms with van der Waals surface area (Å²) in [5, 5.41) is 2.91. The Hall–Kier alpha value is -2.86. The zero-order chi connectivity index (χ0) is 20.4. The number of benzene rings is 2. The molecule has 0 radical (unpaired) electrons. The molecule has 2 aromatic carbocycles. The van der Waals surface area contributed by atoms with Crippen LogP contribution < -0.4 is 14.8 Å². The van der Waals surface area contributed by atoms with Crippen LogP contribution in [0.25, 0.3) is 0 Å². The lowest BCUT2D eigenvalue weighted by Gasteiger charge is -2.35. The molecule has 0 spiro atoms. The number of anilines is 1. The van der Waals surface area contributed by atoms with Crippen LogP contribution in [0.2, 0.25) is 0 Å². The number of hydrogen-bond donors (Lipinski definition) is 1. The van der Waals surface area contributed by atoms with Crippen molar-refractivity contribution in [2.45, 2.75) is 32.7 Å². The molecule has 1 atom stereocenters. The number of carbonyl (C=O) groups excluding carboxylic acids is 2. The van der Waals surface area contributed by atoms with Crippen molar-refractivity contribution in [2.24, 2.45) is 0 Å². The summed E-state index contributed by atoms with van der Waals surface area (Å²) >= 11 is 0. The average molecular weight is 394 g/mol. The number of nitrogens with zero attached hydrogens (tertiary/aromatic N) is 1. The minimum atomic E-state index is -0.0876. The molecule has 29 heavy (non-hydrogen) atoms. The van der Waals surface area contributed by atoms with E-state index >= 15 is 0 Å². The number of fused-ring (bicyclic) bond motifs is 2. The molecular weight excluding hydrogens is 368 g/mol. The van der Waals surface area contributed by atoms with Crippen LogP contribution in [-0.4, -0.2) is 42.9 Å². The predicted octanol–water partition coefficient (Wildman–Crippen LogP) is 3.61. The van der Waals surface area contributed by atoms with Gasteiger partial charge in [0.1, 0.15) is 0 Å². The number of ether oxygens (including phenoxy) is 2. The highest BCUT2D eigenvalue weighted by molar-refractivity contribution is 5.97. The zero-order valence-corrected chi connectivity index (χ0v) is 16.9. The molecule has 2 aromatic rings. The fourth-order valence-corrected chi connectivity index (χ4v) is 3.94. The number of Topliss-reactive ketones (excluding diaryl/α,β-unsaturated/α-hetero) is 1. The Kier molecular flexibility index (Phi) is 5.53. The van der Waals surface area contributed by atoms with E-state index in [4.69, 9.17) is 9.47 Å². The Balaban J connectivity index is 1.46. The highest BCUT2D eigenvalue weighted by Crippen LogP contribution is 2.39.